The predicted molar refractivity (Wildman–Crippen MR) is 82.1 cm³/mol. The zero-order chi connectivity index (χ0) is 14.8. The van der Waals surface area contributed by atoms with Gasteiger partial charge in [-0.15, -0.1) is 0 Å². The largest absolute Gasteiger partial charge is 0.393 e. The van der Waals surface area contributed by atoms with Gasteiger partial charge < -0.3 is 15.5 Å². The maximum absolute atomic E-state index is 10.4. The van der Waals surface area contributed by atoms with Crippen LogP contribution in [0.3, 0.4) is 0 Å². The number of nitrogens with one attached hydrogen (secondary N) is 1. The molecule has 0 saturated heterocycles. The van der Waals surface area contributed by atoms with Crippen molar-refractivity contribution in [1.29, 1.82) is 0 Å². The van der Waals surface area contributed by atoms with Gasteiger partial charge in [0.25, 0.3) is 0 Å². The molecule has 3 nitrogen and oxygen atoms in total. The Bertz CT molecular complexity index is 513. The van der Waals surface area contributed by atoms with E-state index in [1.54, 1.807) is 0 Å². The number of hydrogen-bond acceptors (Lipinski definition) is 3. The van der Waals surface area contributed by atoms with E-state index >= 15 is 0 Å². The minimum Gasteiger partial charge on any atom is -0.393 e. The average molecular weight is 289 g/mol. The molecule has 3 N–H and O–H groups in total. The molecule has 2 fully saturated rings. The summed E-state index contributed by atoms with van der Waals surface area (Å²) in [4.78, 5) is 0. The summed E-state index contributed by atoms with van der Waals surface area (Å²) in [5, 5.41) is 23.5. The highest BCUT2D eigenvalue weighted by Crippen LogP contribution is 2.62. The monoisotopic (exact) mass is 289 g/mol. The summed E-state index contributed by atoms with van der Waals surface area (Å²) in [5.41, 5.74) is 1.38. The Kier molecular flexibility index (Phi) is 2.87. The second-order valence-electron chi connectivity index (χ2n) is 8.10. The Labute approximate surface area is 127 Å². The van der Waals surface area contributed by atoms with Crippen molar-refractivity contribution in [3.63, 3.8) is 0 Å². The van der Waals surface area contributed by atoms with Crippen LogP contribution in [0.5, 0.6) is 0 Å². The summed E-state index contributed by atoms with van der Waals surface area (Å²) in [6.45, 7) is 4.63. The molecule has 3 heteroatoms. The van der Waals surface area contributed by atoms with Crippen molar-refractivity contribution < 1.29 is 10.2 Å². The van der Waals surface area contributed by atoms with Crippen molar-refractivity contribution in [2.75, 3.05) is 0 Å². The van der Waals surface area contributed by atoms with Gasteiger partial charge in [0.15, 0.2) is 0 Å². The van der Waals surface area contributed by atoms with Crippen LogP contribution in [0.4, 0.5) is 0 Å². The highest BCUT2D eigenvalue weighted by molar-refractivity contribution is 5.31. The molecule has 1 aliphatic heterocycles. The van der Waals surface area contributed by atoms with Crippen LogP contribution in [0.15, 0.2) is 23.9 Å². The third-order valence-electron chi connectivity index (χ3n) is 7.26. The molecule has 0 amide bonds. The van der Waals surface area contributed by atoms with Gasteiger partial charge in [-0.05, 0) is 61.3 Å². The number of allylic oxidation sites excluding steroid dienone is 2. The van der Waals surface area contributed by atoms with Crippen LogP contribution in [0.2, 0.25) is 0 Å². The van der Waals surface area contributed by atoms with Crippen molar-refractivity contribution in [3.05, 3.63) is 23.9 Å². The number of fused-ring (bicyclic) bond motifs is 5. The first kappa shape index (κ1) is 13.8. The van der Waals surface area contributed by atoms with Gasteiger partial charge in [-0.3, -0.25) is 0 Å². The summed E-state index contributed by atoms with van der Waals surface area (Å²) >= 11 is 0. The topological polar surface area (TPSA) is 52.5 Å². The van der Waals surface area contributed by atoms with Crippen molar-refractivity contribution in [1.82, 2.24) is 5.32 Å². The molecule has 116 valence electrons. The number of hydrogen-bond donors (Lipinski definition) is 3. The van der Waals surface area contributed by atoms with Gasteiger partial charge in [-0.1, -0.05) is 26.0 Å². The molecule has 0 aromatic heterocycles. The van der Waals surface area contributed by atoms with E-state index in [2.05, 4.69) is 31.3 Å². The fraction of sp³-hybridized carbons (Fsp3) is 0.778. The van der Waals surface area contributed by atoms with Gasteiger partial charge in [0.1, 0.15) is 6.23 Å². The first-order chi connectivity index (χ1) is 9.95. The van der Waals surface area contributed by atoms with Gasteiger partial charge in [-0.25, -0.2) is 0 Å². The van der Waals surface area contributed by atoms with E-state index in [0.717, 1.165) is 19.3 Å². The van der Waals surface area contributed by atoms with Gasteiger partial charge in [-0.2, -0.15) is 0 Å². The Morgan fingerprint density at radius 3 is 2.76 bits per heavy atom. The molecule has 4 rings (SSSR count). The van der Waals surface area contributed by atoms with E-state index in [0.29, 0.717) is 17.8 Å². The second kappa shape index (κ2) is 4.36. The fourth-order valence-electron chi connectivity index (χ4n) is 5.93. The zero-order valence-electron chi connectivity index (χ0n) is 13.0. The van der Waals surface area contributed by atoms with Gasteiger partial charge in [0.05, 0.1) is 6.10 Å². The third-order valence-corrected chi connectivity index (χ3v) is 7.26. The maximum Gasteiger partial charge on any atom is 0.143 e. The highest BCUT2D eigenvalue weighted by atomic mass is 16.3. The molecule has 7 atom stereocenters. The van der Waals surface area contributed by atoms with Gasteiger partial charge in [0.2, 0.25) is 0 Å². The van der Waals surface area contributed by atoms with Crippen LogP contribution >= 0.6 is 0 Å². The van der Waals surface area contributed by atoms with E-state index in [9.17, 15) is 10.2 Å². The number of aliphatic hydroxyl groups is 2. The molecule has 4 aliphatic rings. The van der Waals surface area contributed by atoms with E-state index < -0.39 is 6.23 Å². The number of rotatable bonds is 0. The SMILES string of the molecule is C[C@]12C=CC(O)NC1=CC[C@@H]1[C@H]2CC[C@]2(C)C(O)CC[C@@H]12. The Balaban J connectivity index is 1.71. The first-order valence-corrected chi connectivity index (χ1v) is 8.48. The molecule has 2 unspecified atom stereocenters. The fourth-order valence-corrected chi connectivity index (χ4v) is 5.93. The summed E-state index contributed by atoms with van der Waals surface area (Å²) in [6.07, 6.45) is 11.4. The highest BCUT2D eigenvalue weighted by Gasteiger charge is 2.57. The molecular weight excluding hydrogens is 262 g/mol. The summed E-state index contributed by atoms with van der Waals surface area (Å²) < 4.78 is 0. The lowest BCUT2D eigenvalue weighted by Crippen LogP contribution is -2.52. The quantitative estimate of drug-likeness (QED) is 0.601. The Morgan fingerprint density at radius 2 is 1.95 bits per heavy atom. The average Bonchev–Trinajstić information content (AvgIpc) is 2.76. The van der Waals surface area contributed by atoms with Crippen molar-refractivity contribution in [2.24, 2.45) is 28.6 Å². The maximum atomic E-state index is 10.4. The normalized spacial score (nSPS) is 55.0. The molecular formula is C18H27NO2. The van der Waals surface area contributed by atoms with Gasteiger partial charge in [0, 0.05) is 11.1 Å². The van der Waals surface area contributed by atoms with Crippen molar-refractivity contribution >= 4 is 0 Å². The Morgan fingerprint density at radius 1 is 1.14 bits per heavy atom. The van der Waals surface area contributed by atoms with Crippen LogP contribution < -0.4 is 5.32 Å². The molecule has 2 saturated carbocycles. The standard InChI is InChI=1S/C18H27NO2/c1-17-10-8-16(21)19-14(17)5-3-11-12-4-6-15(20)18(12,2)9-7-13(11)17/h5,8,10-13,15-16,19-21H,3-4,6-7,9H2,1-2H3/t11-,12-,13+,15?,16?,17+,18-/m0/s1. The second-order valence-corrected chi connectivity index (χ2v) is 8.10. The van der Waals surface area contributed by atoms with E-state index in [-0.39, 0.29) is 16.9 Å². The van der Waals surface area contributed by atoms with E-state index in [4.69, 9.17) is 0 Å². The summed E-state index contributed by atoms with van der Waals surface area (Å²) in [7, 11) is 0. The molecule has 0 bridgehead atoms. The van der Waals surface area contributed by atoms with E-state index in [1.807, 2.05) is 6.08 Å². The van der Waals surface area contributed by atoms with Crippen LogP contribution in [-0.4, -0.2) is 22.5 Å². The molecule has 1 heterocycles. The molecule has 0 aromatic rings. The summed E-state index contributed by atoms with van der Waals surface area (Å²) in [5.74, 6) is 1.97. The van der Waals surface area contributed by atoms with Crippen LogP contribution in [0.25, 0.3) is 0 Å². The lowest BCUT2D eigenvalue weighted by Gasteiger charge is -2.56. The molecule has 0 aromatic carbocycles. The van der Waals surface area contributed by atoms with Gasteiger partial charge >= 0.3 is 0 Å². The zero-order valence-corrected chi connectivity index (χ0v) is 13.0. The summed E-state index contributed by atoms with van der Waals surface area (Å²) in [6, 6.07) is 0. The smallest absolute Gasteiger partial charge is 0.143 e. The first-order valence-electron chi connectivity index (χ1n) is 8.48. The van der Waals surface area contributed by atoms with Crippen molar-refractivity contribution in [3.8, 4) is 0 Å². The van der Waals surface area contributed by atoms with Crippen LogP contribution in [-0.2, 0) is 0 Å². The van der Waals surface area contributed by atoms with Crippen LogP contribution in [0.1, 0.15) is 46.0 Å². The lowest BCUT2D eigenvalue weighted by atomic mass is 9.50. The number of aliphatic hydroxyl groups excluding tert-OH is 2. The van der Waals surface area contributed by atoms with E-state index in [1.165, 1.54) is 18.5 Å². The van der Waals surface area contributed by atoms with Crippen LogP contribution in [0, 0.1) is 28.6 Å². The van der Waals surface area contributed by atoms with Crippen molar-refractivity contribution in [2.45, 2.75) is 58.3 Å². The molecule has 0 spiro atoms. The minimum absolute atomic E-state index is 0.0387. The minimum atomic E-state index is -0.539. The molecule has 0 radical (unpaired) electrons. The molecule has 3 aliphatic carbocycles. The Hall–Kier alpha value is -0.800. The molecule has 21 heavy (non-hydrogen) atoms. The predicted octanol–water partition coefficient (Wildman–Crippen LogP) is 2.56. The third kappa shape index (κ3) is 1.74. The lowest BCUT2D eigenvalue weighted by molar-refractivity contribution is -0.0563.